The zero-order valence-electron chi connectivity index (χ0n) is 12.8. The molecule has 6 nitrogen and oxygen atoms in total. The number of oxime groups is 1. The van der Waals surface area contributed by atoms with Crippen LogP contribution in [0.4, 0.5) is 5.00 Å². The second kappa shape index (κ2) is 6.72. The van der Waals surface area contributed by atoms with Gasteiger partial charge in [0.05, 0.1) is 5.56 Å². The summed E-state index contributed by atoms with van der Waals surface area (Å²) in [6.45, 7) is 0. The maximum Gasteiger partial charge on any atom is 0.294 e. The molecule has 0 spiro atoms. The van der Waals surface area contributed by atoms with E-state index in [1.165, 1.54) is 16.9 Å². The van der Waals surface area contributed by atoms with Gasteiger partial charge in [-0.3, -0.25) is 4.79 Å². The summed E-state index contributed by atoms with van der Waals surface area (Å²) < 4.78 is 0. The number of nitriles is 1. The largest absolute Gasteiger partial charge is 0.409 e. The van der Waals surface area contributed by atoms with Crippen LogP contribution in [-0.4, -0.2) is 17.0 Å². The number of benzene rings is 1. The van der Waals surface area contributed by atoms with Crippen molar-refractivity contribution in [2.24, 2.45) is 10.9 Å². The maximum atomic E-state index is 11.8. The van der Waals surface area contributed by atoms with Crippen molar-refractivity contribution in [3.05, 3.63) is 51.9 Å². The van der Waals surface area contributed by atoms with Gasteiger partial charge in [-0.1, -0.05) is 35.5 Å². The Labute approximate surface area is 143 Å². The van der Waals surface area contributed by atoms with Gasteiger partial charge >= 0.3 is 0 Å². The molecule has 1 unspecified atom stereocenters. The number of carbonyl (C=O) groups excluding carboxylic acids is 1. The van der Waals surface area contributed by atoms with Crippen LogP contribution in [0.1, 0.15) is 33.9 Å². The van der Waals surface area contributed by atoms with E-state index in [1.54, 1.807) is 0 Å². The fourth-order valence-electron chi connectivity index (χ4n) is 3.01. The Hall–Kier alpha value is -2.85. The molecule has 3 rings (SSSR count). The number of amidine groups is 1. The van der Waals surface area contributed by atoms with Crippen molar-refractivity contribution in [2.75, 3.05) is 5.32 Å². The Morgan fingerprint density at radius 3 is 2.83 bits per heavy atom. The van der Waals surface area contributed by atoms with Crippen molar-refractivity contribution in [1.82, 2.24) is 0 Å². The van der Waals surface area contributed by atoms with Crippen LogP contribution in [0.15, 0.2) is 35.5 Å². The summed E-state index contributed by atoms with van der Waals surface area (Å²) in [7, 11) is 0. The molecule has 1 heterocycles. The fraction of sp³-hybridized carbons (Fsp3) is 0.235. The van der Waals surface area contributed by atoms with Crippen molar-refractivity contribution in [1.29, 1.82) is 5.26 Å². The van der Waals surface area contributed by atoms with Crippen LogP contribution in [-0.2, 0) is 17.6 Å². The van der Waals surface area contributed by atoms with Crippen LogP contribution in [0.25, 0.3) is 0 Å². The smallest absolute Gasteiger partial charge is 0.294 e. The lowest BCUT2D eigenvalue weighted by molar-refractivity contribution is -0.110. The van der Waals surface area contributed by atoms with E-state index < -0.39 is 11.7 Å². The number of hydrogen-bond donors (Lipinski definition) is 3. The van der Waals surface area contributed by atoms with Gasteiger partial charge in [-0.05, 0) is 36.3 Å². The standard InChI is InChI=1S/C17H16N4O2S/c18-9-13-12-7-6-11(10-4-2-1-3-5-10)8-14(12)24-17(13)20-16(22)15(19)21-23/h1-5,11,23H,6-8H2,(H2,19,21)(H,20,22). The molecule has 7 heteroatoms. The Morgan fingerprint density at radius 2 is 2.17 bits per heavy atom. The van der Waals surface area contributed by atoms with Crippen LogP contribution in [0, 0.1) is 11.3 Å². The summed E-state index contributed by atoms with van der Waals surface area (Å²) in [4.78, 5) is 12.9. The van der Waals surface area contributed by atoms with Crippen molar-refractivity contribution >= 4 is 28.1 Å². The Morgan fingerprint density at radius 1 is 1.42 bits per heavy atom. The Bertz CT molecular complexity index is 836. The zero-order chi connectivity index (χ0) is 17.1. The topological polar surface area (TPSA) is 112 Å². The van der Waals surface area contributed by atoms with Crippen molar-refractivity contribution in [2.45, 2.75) is 25.2 Å². The van der Waals surface area contributed by atoms with Gasteiger partial charge < -0.3 is 16.3 Å². The van der Waals surface area contributed by atoms with E-state index in [0.29, 0.717) is 16.5 Å². The molecule has 0 saturated heterocycles. The molecule has 0 radical (unpaired) electrons. The van der Waals surface area contributed by atoms with Crippen LogP contribution in [0.3, 0.4) is 0 Å². The van der Waals surface area contributed by atoms with Crippen molar-refractivity contribution < 1.29 is 10.0 Å². The minimum absolute atomic E-state index is 0.413. The van der Waals surface area contributed by atoms with E-state index in [2.05, 4.69) is 28.7 Å². The SMILES string of the molecule is N#Cc1c(NC(=O)/C(N)=N\O)sc2c1CCC(c1ccccc1)C2. The number of rotatable bonds is 2. The molecule has 1 atom stereocenters. The molecule has 4 N–H and O–H groups in total. The van der Waals surface area contributed by atoms with Crippen LogP contribution >= 0.6 is 11.3 Å². The van der Waals surface area contributed by atoms with Crippen LogP contribution < -0.4 is 11.1 Å². The van der Waals surface area contributed by atoms with Gasteiger partial charge in [-0.25, -0.2) is 0 Å². The Balaban J connectivity index is 1.88. The van der Waals surface area contributed by atoms with E-state index >= 15 is 0 Å². The average Bonchev–Trinajstić information content (AvgIpc) is 2.97. The summed E-state index contributed by atoms with van der Waals surface area (Å²) in [5.41, 5.74) is 8.07. The van der Waals surface area contributed by atoms with Gasteiger partial charge in [0, 0.05) is 4.88 Å². The first kappa shape index (κ1) is 16.0. The lowest BCUT2D eigenvalue weighted by Crippen LogP contribution is -2.30. The van der Waals surface area contributed by atoms with E-state index in [4.69, 9.17) is 10.9 Å². The molecule has 2 aromatic rings. The predicted octanol–water partition coefficient (Wildman–Crippen LogP) is 2.58. The van der Waals surface area contributed by atoms with Crippen LogP contribution in [0.5, 0.6) is 0 Å². The number of thiophene rings is 1. The monoisotopic (exact) mass is 340 g/mol. The van der Waals surface area contributed by atoms with E-state index in [-0.39, 0.29) is 0 Å². The molecular weight excluding hydrogens is 324 g/mol. The maximum absolute atomic E-state index is 11.8. The van der Waals surface area contributed by atoms with Gasteiger partial charge in [-0.15, -0.1) is 11.3 Å². The second-order valence-corrected chi connectivity index (χ2v) is 6.71. The van der Waals surface area contributed by atoms with E-state index in [0.717, 1.165) is 29.7 Å². The number of anilines is 1. The molecule has 0 bridgehead atoms. The minimum Gasteiger partial charge on any atom is -0.409 e. The highest BCUT2D eigenvalue weighted by Gasteiger charge is 2.27. The number of nitrogens with one attached hydrogen (secondary N) is 1. The number of fused-ring (bicyclic) bond motifs is 1. The quantitative estimate of drug-likeness (QED) is 0.337. The van der Waals surface area contributed by atoms with E-state index in [1.807, 2.05) is 18.2 Å². The molecule has 1 aromatic carbocycles. The summed E-state index contributed by atoms with van der Waals surface area (Å²) in [6, 6.07) is 12.5. The number of hydrogen-bond acceptors (Lipinski definition) is 5. The molecule has 0 aliphatic heterocycles. The highest BCUT2D eigenvalue weighted by atomic mass is 32.1. The highest BCUT2D eigenvalue weighted by Crippen LogP contribution is 2.42. The van der Waals surface area contributed by atoms with Crippen molar-refractivity contribution in [3.8, 4) is 6.07 Å². The first-order valence-electron chi connectivity index (χ1n) is 7.52. The molecule has 24 heavy (non-hydrogen) atoms. The normalized spacial score (nSPS) is 17.0. The zero-order valence-corrected chi connectivity index (χ0v) is 13.6. The van der Waals surface area contributed by atoms with E-state index in [9.17, 15) is 10.1 Å². The summed E-state index contributed by atoms with van der Waals surface area (Å²) in [5, 5.41) is 23.7. The Kier molecular flexibility index (Phi) is 4.49. The molecule has 1 aliphatic rings. The summed E-state index contributed by atoms with van der Waals surface area (Å²) >= 11 is 1.39. The first-order valence-corrected chi connectivity index (χ1v) is 8.34. The van der Waals surface area contributed by atoms with Gasteiger partial charge in [0.1, 0.15) is 11.1 Å². The fourth-order valence-corrected chi connectivity index (χ4v) is 4.29. The van der Waals surface area contributed by atoms with Gasteiger partial charge in [0.15, 0.2) is 0 Å². The molecule has 1 aliphatic carbocycles. The molecule has 0 fully saturated rings. The third kappa shape index (κ3) is 2.96. The first-order chi connectivity index (χ1) is 11.6. The molecule has 122 valence electrons. The van der Waals surface area contributed by atoms with Crippen molar-refractivity contribution in [3.63, 3.8) is 0 Å². The lowest BCUT2D eigenvalue weighted by Gasteiger charge is -2.22. The number of nitrogens with zero attached hydrogens (tertiary/aromatic N) is 2. The number of amides is 1. The van der Waals surface area contributed by atoms with Crippen LogP contribution in [0.2, 0.25) is 0 Å². The lowest BCUT2D eigenvalue weighted by atomic mass is 9.83. The van der Waals surface area contributed by atoms with Gasteiger partial charge in [-0.2, -0.15) is 5.26 Å². The molecular formula is C17H16N4O2S. The van der Waals surface area contributed by atoms with Gasteiger partial charge in [0.25, 0.3) is 5.91 Å². The summed E-state index contributed by atoms with van der Waals surface area (Å²) in [5.74, 6) is -0.837. The highest BCUT2D eigenvalue weighted by molar-refractivity contribution is 7.16. The summed E-state index contributed by atoms with van der Waals surface area (Å²) in [6.07, 6.45) is 2.61. The number of carbonyl (C=O) groups is 1. The second-order valence-electron chi connectivity index (χ2n) is 5.61. The third-order valence-electron chi connectivity index (χ3n) is 4.22. The average molecular weight is 340 g/mol. The predicted molar refractivity (Wildman–Crippen MR) is 92.3 cm³/mol. The molecule has 0 saturated carbocycles. The molecule has 1 aromatic heterocycles. The number of nitrogens with two attached hydrogens (primary N) is 1. The van der Waals surface area contributed by atoms with Gasteiger partial charge in [0.2, 0.25) is 5.84 Å². The molecule has 1 amide bonds. The minimum atomic E-state index is -0.716. The third-order valence-corrected chi connectivity index (χ3v) is 5.39.